The number of methoxy groups -OCH3 is 1. The monoisotopic (exact) mass is 506 g/mol. The van der Waals surface area contributed by atoms with Gasteiger partial charge < -0.3 is 4.74 Å². The Labute approximate surface area is 150 Å². The lowest BCUT2D eigenvalue weighted by Crippen LogP contribution is -2.17. The highest BCUT2D eigenvalue weighted by Gasteiger charge is 2.08. The van der Waals surface area contributed by atoms with Crippen molar-refractivity contribution < 1.29 is 9.53 Å². The molecule has 0 fully saturated rings. The summed E-state index contributed by atoms with van der Waals surface area (Å²) in [6.07, 6.45) is 1.63. The Morgan fingerprint density at radius 1 is 1.19 bits per heavy atom. The zero-order chi connectivity index (χ0) is 15.2. The molecule has 0 aliphatic carbocycles. The number of nitrogens with one attached hydrogen (secondary N) is 1. The lowest BCUT2D eigenvalue weighted by atomic mass is 10.2. The van der Waals surface area contributed by atoms with Crippen molar-refractivity contribution in [1.29, 1.82) is 0 Å². The van der Waals surface area contributed by atoms with E-state index >= 15 is 0 Å². The molecule has 2 aromatic rings. The standard InChI is InChI=1S/C15H12I2N2O2/c1-21-14-8-10(6-7-13(14)17)15(20)19-18-9-11-4-2-3-5-12(11)16/h2-9H,1H3,(H,19,20)/b18-9+. The first kappa shape index (κ1) is 16.2. The number of carbonyl (C=O) groups excluding carboxylic acids is 1. The Balaban J connectivity index is 2.07. The minimum atomic E-state index is -0.271. The van der Waals surface area contributed by atoms with Crippen LogP contribution >= 0.6 is 45.2 Å². The number of benzene rings is 2. The Kier molecular flexibility index (Phi) is 5.97. The Bertz CT molecular complexity index is 687. The maximum absolute atomic E-state index is 12.0. The maximum Gasteiger partial charge on any atom is 0.271 e. The first-order valence-corrected chi connectivity index (χ1v) is 8.19. The highest BCUT2D eigenvalue weighted by Crippen LogP contribution is 2.21. The van der Waals surface area contributed by atoms with E-state index in [-0.39, 0.29) is 5.91 Å². The lowest BCUT2D eigenvalue weighted by molar-refractivity contribution is 0.0955. The van der Waals surface area contributed by atoms with Crippen LogP contribution in [0.25, 0.3) is 0 Å². The largest absolute Gasteiger partial charge is 0.496 e. The summed E-state index contributed by atoms with van der Waals surface area (Å²) in [5, 5.41) is 3.98. The molecule has 21 heavy (non-hydrogen) atoms. The van der Waals surface area contributed by atoms with Crippen LogP contribution in [0.1, 0.15) is 15.9 Å². The van der Waals surface area contributed by atoms with Crippen molar-refractivity contribution in [2.75, 3.05) is 7.11 Å². The number of hydrazone groups is 1. The highest BCUT2D eigenvalue weighted by molar-refractivity contribution is 14.1. The number of hydrogen-bond donors (Lipinski definition) is 1. The van der Waals surface area contributed by atoms with Gasteiger partial charge in [0.05, 0.1) is 16.9 Å². The van der Waals surface area contributed by atoms with E-state index < -0.39 is 0 Å². The molecule has 108 valence electrons. The van der Waals surface area contributed by atoms with Gasteiger partial charge in [0.15, 0.2) is 0 Å². The van der Waals surface area contributed by atoms with Crippen molar-refractivity contribution in [2.45, 2.75) is 0 Å². The molecular weight excluding hydrogens is 494 g/mol. The second kappa shape index (κ2) is 7.74. The van der Waals surface area contributed by atoms with E-state index in [0.29, 0.717) is 11.3 Å². The molecule has 6 heteroatoms. The minimum absolute atomic E-state index is 0.271. The predicted molar refractivity (Wildman–Crippen MR) is 99.9 cm³/mol. The lowest BCUT2D eigenvalue weighted by Gasteiger charge is -2.05. The third-order valence-electron chi connectivity index (χ3n) is 2.69. The fourth-order valence-electron chi connectivity index (χ4n) is 1.61. The number of amides is 1. The SMILES string of the molecule is COc1cc(C(=O)N/N=C/c2ccccc2I)ccc1I. The topological polar surface area (TPSA) is 50.7 Å². The summed E-state index contributed by atoms with van der Waals surface area (Å²) in [7, 11) is 1.58. The van der Waals surface area contributed by atoms with Crippen LogP contribution in [0.5, 0.6) is 5.75 Å². The van der Waals surface area contributed by atoms with Crippen molar-refractivity contribution in [3.8, 4) is 5.75 Å². The molecular formula is C15H12I2N2O2. The quantitative estimate of drug-likeness (QED) is 0.391. The van der Waals surface area contributed by atoms with Gasteiger partial charge in [0.2, 0.25) is 0 Å². The average Bonchev–Trinajstić information content (AvgIpc) is 2.49. The second-order valence-electron chi connectivity index (χ2n) is 4.07. The van der Waals surface area contributed by atoms with E-state index in [1.807, 2.05) is 30.3 Å². The van der Waals surface area contributed by atoms with Gasteiger partial charge >= 0.3 is 0 Å². The van der Waals surface area contributed by atoms with E-state index in [9.17, 15) is 4.79 Å². The van der Waals surface area contributed by atoms with Gasteiger partial charge in [-0.3, -0.25) is 4.79 Å². The Hall–Kier alpha value is -1.16. The van der Waals surface area contributed by atoms with E-state index in [2.05, 4.69) is 55.7 Å². The van der Waals surface area contributed by atoms with Gasteiger partial charge in [-0.2, -0.15) is 5.10 Å². The summed E-state index contributed by atoms with van der Waals surface area (Å²) in [4.78, 5) is 12.0. The van der Waals surface area contributed by atoms with Crippen molar-refractivity contribution >= 4 is 57.3 Å². The number of ether oxygens (including phenoxy) is 1. The third kappa shape index (κ3) is 4.40. The van der Waals surface area contributed by atoms with Crippen LogP contribution in [0.3, 0.4) is 0 Å². The van der Waals surface area contributed by atoms with Crippen LogP contribution in [0.4, 0.5) is 0 Å². The van der Waals surface area contributed by atoms with E-state index in [0.717, 1.165) is 12.7 Å². The maximum atomic E-state index is 12.0. The molecule has 0 unspecified atom stereocenters. The molecule has 0 aliphatic heterocycles. The molecule has 2 aromatic carbocycles. The van der Waals surface area contributed by atoms with Gasteiger partial charge in [0.25, 0.3) is 5.91 Å². The first-order chi connectivity index (χ1) is 10.1. The van der Waals surface area contributed by atoms with Gasteiger partial charge in [-0.25, -0.2) is 5.43 Å². The van der Waals surface area contributed by atoms with Gasteiger partial charge in [-0.1, -0.05) is 18.2 Å². The molecule has 0 atom stereocenters. The molecule has 4 nitrogen and oxygen atoms in total. The molecule has 0 aromatic heterocycles. The van der Waals surface area contributed by atoms with Crippen molar-refractivity contribution in [1.82, 2.24) is 5.43 Å². The average molecular weight is 506 g/mol. The minimum Gasteiger partial charge on any atom is -0.496 e. The molecule has 0 radical (unpaired) electrons. The molecule has 0 spiro atoms. The van der Waals surface area contributed by atoms with Crippen LogP contribution in [-0.4, -0.2) is 19.2 Å². The van der Waals surface area contributed by atoms with Crippen LogP contribution in [0.2, 0.25) is 0 Å². The summed E-state index contributed by atoms with van der Waals surface area (Å²) in [5.74, 6) is 0.400. The summed E-state index contributed by atoms with van der Waals surface area (Å²) in [5.41, 5.74) is 3.98. The normalized spacial score (nSPS) is 10.6. The van der Waals surface area contributed by atoms with Crippen molar-refractivity contribution in [3.63, 3.8) is 0 Å². The Morgan fingerprint density at radius 3 is 2.67 bits per heavy atom. The smallest absolute Gasteiger partial charge is 0.271 e. The van der Waals surface area contributed by atoms with Gasteiger partial charge in [-0.15, -0.1) is 0 Å². The van der Waals surface area contributed by atoms with Crippen LogP contribution in [-0.2, 0) is 0 Å². The second-order valence-corrected chi connectivity index (χ2v) is 6.39. The molecule has 0 bridgehead atoms. The number of nitrogens with zero attached hydrogens (tertiary/aromatic N) is 1. The number of hydrogen-bond acceptors (Lipinski definition) is 3. The summed E-state index contributed by atoms with van der Waals surface area (Å²) in [6.45, 7) is 0. The predicted octanol–water partition coefficient (Wildman–Crippen LogP) is 3.67. The third-order valence-corrected chi connectivity index (χ3v) is 4.56. The van der Waals surface area contributed by atoms with E-state index in [4.69, 9.17) is 4.74 Å². The molecule has 1 amide bonds. The summed E-state index contributed by atoms with van der Waals surface area (Å²) >= 11 is 4.37. The molecule has 2 rings (SSSR count). The summed E-state index contributed by atoms with van der Waals surface area (Å²) < 4.78 is 7.22. The molecule has 1 N–H and O–H groups in total. The fraction of sp³-hybridized carbons (Fsp3) is 0.0667. The molecule has 0 heterocycles. The van der Waals surface area contributed by atoms with Crippen LogP contribution < -0.4 is 10.2 Å². The van der Waals surface area contributed by atoms with E-state index in [1.54, 1.807) is 25.5 Å². The van der Waals surface area contributed by atoms with Crippen molar-refractivity contribution in [3.05, 3.63) is 60.7 Å². The van der Waals surface area contributed by atoms with Gasteiger partial charge in [0.1, 0.15) is 5.75 Å². The zero-order valence-electron chi connectivity index (χ0n) is 11.1. The van der Waals surface area contributed by atoms with Crippen molar-refractivity contribution in [2.24, 2.45) is 5.10 Å². The van der Waals surface area contributed by atoms with Crippen LogP contribution in [0.15, 0.2) is 47.6 Å². The number of rotatable bonds is 4. The molecule has 0 saturated carbocycles. The Morgan fingerprint density at radius 2 is 1.95 bits per heavy atom. The fourth-order valence-corrected chi connectivity index (χ4v) is 2.69. The van der Waals surface area contributed by atoms with Gasteiger partial charge in [-0.05, 0) is 69.4 Å². The van der Waals surface area contributed by atoms with Gasteiger partial charge in [0, 0.05) is 14.7 Å². The summed E-state index contributed by atoms with van der Waals surface area (Å²) in [6, 6.07) is 13.1. The van der Waals surface area contributed by atoms with Crippen LogP contribution in [0, 0.1) is 7.14 Å². The molecule has 0 saturated heterocycles. The highest BCUT2D eigenvalue weighted by atomic mass is 127. The van der Waals surface area contributed by atoms with E-state index in [1.165, 1.54) is 0 Å². The number of halogens is 2. The zero-order valence-corrected chi connectivity index (χ0v) is 15.5. The first-order valence-electron chi connectivity index (χ1n) is 6.03. The number of carbonyl (C=O) groups is 1. The molecule has 0 aliphatic rings.